The molecule has 74 valence electrons. The highest BCUT2D eigenvalue weighted by atomic mass is 16.7. The zero-order valence-corrected chi connectivity index (χ0v) is 8.67. The lowest BCUT2D eigenvalue weighted by Gasteiger charge is -2.16. The van der Waals surface area contributed by atoms with Crippen LogP contribution in [0.25, 0.3) is 0 Å². The largest absolute Gasteiger partial charge is 0.343 e. The van der Waals surface area contributed by atoms with Crippen LogP contribution in [0.4, 0.5) is 0 Å². The summed E-state index contributed by atoms with van der Waals surface area (Å²) < 4.78 is 11.2. The van der Waals surface area contributed by atoms with Crippen molar-refractivity contribution in [2.45, 2.75) is 58.0 Å². The Bertz CT molecular complexity index is 203. The SMILES string of the molecule is C#CC1OC(C)(C)OC1CCCC. The van der Waals surface area contributed by atoms with Crippen molar-refractivity contribution < 1.29 is 9.47 Å². The molecule has 13 heavy (non-hydrogen) atoms. The quantitative estimate of drug-likeness (QED) is 0.624. The Morgan fingerprint density at radius 2 is 2.08 bits per heavy atom. The Balaban J connectivity index is 2.49. The molecule has 2 nitrogen and oxygen atoms in total. The summed E-state index contributed by atoms with van der Waals surface area (Å²) in [5.74, 6) is 2.13. The topological polar surface area (TPSA) is 18.5 Å². The van der Waals surface area contributed by atoms with Gasteiger partial charge in [0.25, 0.3) is 0 Å². The van der Waals surface area contributed by atoms with Crippen LogP contribution >= 0.6 is 0 Å². The Labute approximate surface area is 80.6 Å². The van der Waals surface area contributed by atoms with Crippen LogP contribution in [0.15, 0.2) is 0 Å². The average molecular weight is 182 g/mol. The van der Waals surface area contributed by atoms with E-state index < -0.39 is 5.79 Å². The van der Waals surface area contributed by atoms with Crippen molar-refractivity contribution in [1.82, 2.24) is 0 Å². The number of terminal acetylenes is 1. The van der Waals surface area contributed by atoms with Crippen LogP contribution in [0.2, 0.25) is 0 Å². The number of rotatable bonds is 3. The lowest BCUT2D eigenvalue weighted by atomic mass is 10.1. The van der Waals surface area contributed by atoms with Gasteiger partial charge in [-0.2, -0.15) is 0 Å². The summed E-state index contributed by atoms with van der Waals surface area (Å²) >= 11 is 0. The molecule has 2 atom stereocenters. The Kier molecular flexibility index (Phi) is 3.35. The molecule has 1 aliphatic heterocycles. The molecule has 0 radical (unpaired) electrons. The first-order valence-corrected chi connectivity index (χ1v) is 4.91. The third kappa shape index (κ3) is 2.72. The number of unbranched alkanes of at least 4 members (excludes halogenated alkanes) is 1. The second kappa shape index (κ2) is 4.13. The van der Waals surface area contributed by atoms with Gasteiger partial charge in [0.05, 0.1) is 6.10 Å². The fourth-order valence-electron chi connectivity index (χ4n) is 1.59. The highest BCUT2D eigenvalue weighted by molar-refractivity contribution is 5.02. The molecule has 0 spiro atoms. The van der Waals surface area contributed by atoms with Crippen LogP contribution in [-0.2, 0) is 9.47 Å². The maximum atomic E-state index is 5.69. The first kappa shape index (κ1) is 10.6. The van der Waals surface area contributed by atoms with Gasteiger partial charge in [-0.3, -0.25) is 0 Å². The van der Waals surface area contributed by atoms with Gasteiger partial charge in [-0.15, -0.1) is 6.42 Å². The minimum atomic E-state index is -0.505. The van der Waals surface area contributed by atoms with E-state index in [0.29, 0.717) is 0 Å². The van der Waals surface area contributed by atoms with E-state index in [9.17, 15) is 0 Å². The fraction of sp³-hybridized carbons (Fsp3) is 0.818. The van der Waals surface area contributed by atoms with E-state index in [-0.39, 0.29) is 12.2 Å². The monoisotopic (exact) mass is 182 g/mol. The normalized spacial score (nSPS) is 31.5. The van der Waals surface area contributed by atoms with Crippen molar-refractivity contribution >= 4 is 0 Å². The first-order valence-electron chi connectivity index (χ1n) is 4.91. The van der Waals surface area contributed by atoms with Gasteiger partial charge in [0.1, 0.15) is 6.10 Å². The molecule has 1 aliphatic rings. The van der Waals surface area contributed by atoms with Gasteiger partial charge in [0, 0.05) is 0 Å². The molecule has 0 bridgehead atoms. The minimum absolute atomic E-state index is 0.0833. The molecule has 1 heterocycles. The summed E-state index contributed by atoms with van der Waals surface area (Å²) in [6.07, 6.45) is 8.58. The molecule has 1 saturated heterocycles. The van der Waals surface area contributed by atoms with E-state index in [1.807, 2.05) is 13.8 Å². The summed E-state index contributed by atoms with van der Waals surface area (Å²) in [6, 6.07) is 0. The zero-order valence-electron chi connectivity index (χ0n) is 8.67. The highest BCUT2D eigenvalue weighted by Gasteiger charge is 2.39. The van der Waals surface area contributed by atoms with Crippen LogP contribution in [0, 0.1) is 12.3 Å². The minimum Gasteiger partial charge on any atom is -0.343 e. The molecule has 0 aromatic heterocycles. The smallest absolute Gasteiger partial charge is 0.165 e. The van der Waals surface area contributed by atoms with Gasteiger partial charge in [-0.05, 0) is 20.3 Å². The van der Waals surface area contributed by atoms with Gasteiger partial charge in [0.15, 0.2) is 5.79 Å². The first-order chi connectivity index (χ1) is 6.09. The van der Waals surface area contributed by atoms with Gasteiger partial charge < -0.3 is 9.47 Å². The molecular weight excluding hydrogens is 164 g/mol. The van der Waals surface area contributed by atoms with E-state index in [1.54, 1.807) is 0 Å². The van der Waals surface area contributed by atoms with Crippen LogP contribution in [0.1, 0.15) is 40.0 Å². The Morgan fingerprint density at radius 3 is 2.62 bits per heavy atom. The van der Waals surface area contributed by atoms with Crippen LogP contribution in [0.3, 0.4) is 0 Å². The number of ether oxygens (including phenoxy) is 2. The van der Waals surface area contributed by atoms with Crippen LogP contribution in [-0.4, -0.2) is 18.0 Å². The third-order valence-corrected chi connectivity index (χ3v) is 2.19. The van der Waals surface area contributed by atoms with Gasteiger partial charge in [-0.25, -0.2) is 0 Å². The lowest BCUT2D eigenvalue weighted by Crippen LogP contribution is -2.21. The standard InChI is InChI=1S/C11H18O2/c1-5-7-8-10-9(6-2)12-11(3,4)13-10/h2,9-10H,5,7-8H2,1,3-4H3. The van der Waals surface area contributed by atoms with Crippen molar-refractivity contribution in [1.29, 1.82) is 0 Å². The maximum Gasteiger partial charge on any atom is 0.165 e. The van der Waals surface area contributed by atoms with Gasteiger partial charge in [-0.1, -0.05) is 25.7 Å². The fourth-order valence-corrected chi connectivity index (χ4v) is 1.59. The molecule has 2 heteroatoms. The molecular formula is C11H18O2. The summed E-state index contributed by atoms with van der Waals surface area (Å²) in [5, 5.41) is 0. The van der Waals surface area contributed by atoms with Gasteiger partial charge >= 0.3 is 0 Å². The van der Waals surface area contributed by atoms with E-state index in [1.165, 1.54) is 0 Å². The van der Waals surface area contributed by atoms with E-state index in [0.717, 1.165) is 19.3 Å². The molecule has 0 saturated carbocycles. The van der Waals surface area contributed by atoms with Crippen molar-refractivity contribution in [2.24, 2.45) is 0 Å². The van der Waals surface area contributed by atoms with Crippen molar-refractivity contribution in [3.05, 3.63) is 0 Å². The Morgan fingerprint density at radius 1 is 1.38 bits per heavy atom. The summed E-state index contributed by atoms with van der Waals surface area (Å²) in [5.41, 5.74) is 0. The molecule has 0 aliphatic carbocycles. The van der Waals surface area contributed by atoms with Crippen LogP contribution in [0.5, 0.6) is 0 Å². The molecule has 1 rings (SSSR count). The summed E-state index contributed by atoms with van der Waals surface area (Å²) in [4.78, 5) is 0. The molecule has 0 aromatic rings. The Hall–Kier alpha value is -0.520. The molecule has 0 N–H and O–H groups in total. The second-order valence-electron chi connectivity index (χ2n) is 3.90. The van der Waals surface area contributed by atoms with E-state index >= 15 is 0 Å². The number of hydrogen-bond acceptors (Lipinski definition) is 2. The molecule has 0 amide bonds. The van der Waals surface area contributed by atoms with Crippen molar-refractivity contribution in [2.75, 3.05) is 0 Å². The summed E-state index contributed by atoms with van der Waals surface area (Å²) in [6.45, 7) is 5.97. The number of hydrogen-bond donors (Lipinski definition) is 0. The average Bonchev–Trinajstić information content (AvgIpc) is 2.37. The molecule has 0 aromatic carbocycles. The second-order valence-corrected chi connectivity index (χ2v) is 3.90. The predicted molar refractivity (Wildman–Crippen MR) is 52.2 cm³/mol. The van der Waals surface area contributed by atoms with E-state index in [4.69, 9.17) is 15.9 Å². The highest BCUT2D eigenvalue weighted by Crippen LogP contribution is 2.30. The van der Waals surface area contributed by atoms with Crippen molar-refractivity contribution in [3.8, 4) is 12.3 Å². The summed E-state index contributed by atoms with van der Waals surface area (Å²) in [7, 11) is 0. The third-order valence-electron chi connectivity index (χ3n) is 2.19. The lowest BCUT2D eigenvalue weighted by molar-refractivity contribution is -0.143. The zero-order chi connectivity index (χ0) is 9.90. The van der Waals surface area contributed by atoms with Crippen LogP contribution < -0.4 is 0 Å². The molecule has 2 unspecified atom stereocenters. The maximum absolute atomic E-state index is 5.69. The van der Waals surface area contributed by atoms with E-state index in [2.05, 4.69) is 12.8 Å². The molecule has 1 fully saturated rings. The predicted octanol–water partition coefficient (Wildman–Crippen LogP) is 2.33. The van der Waals surface area contributed by atoms with Gasteiger partial charge in [0.2, 0.25) is 0 Å². The van der Waals surface area contributed by atoms with Crippen molar-refractivity contribution in [3.63, 3.8) is 0 Å².